The van der Waals surface area contributed by atoms with Gasteiger partial charge in [-0.2, -0.15) is 0 Å². The fourth-order valence-electron chi connectivity index (χ4n) is 2.57. The molecule has 1 N–H and O–H groups in total. The van der Waals surface area contributed by atoms with Crippen molar-refractivity contribution in [2.45, 2.75) is 71.4 Å². The summed E-state index contributed by atoms with van der Waals surface area (Å²) in [6.45, 7) is 7.00. The molecule has 2 rings (SSSR count). The van der Waals surface area contributed by atoms with Crippen LogP contribution >= 0.6 is 0 Å². The first-order valence-corrected chi connectivity index (χ1v) is 6.51. The Labute approximate surface area is 94.3 Å². The Kier molecular flexibility index (Phi) is 3.20. The van der Waals surface area contributed by atoms with Crippen LogP contribution in [0, 0.1) is 5.41 Å². The van der Waals surface area contributed by atoms with Crippen LogP contribution in [0.2, 0.25) is 0 Å². The molecule has 1 nitrogen and oxygen atoms in total. The maximum Gasteiger partial charge on any atom is 0.0107 e. The number of hydrogen-bond donors (Lipinski definition) is 1. The molecule has 1 saturated carbocycles. The summed E-state index contributed by atoms with van der Waals surface area (Å²) in [6.07, 6.45) is 10.6. The van der Waals surface area contributed by atoms with Gasteiger partial charge in [-0.1, -0.05) is 38.8 Å². The van der Waals surface area contributed by atoms with Crippen molar-refractivity contribution < 1.29 is 0 Å². The van der Waals surface area contributed by atoms with Crippen molar-refractivity contribution in [3.8, 4) is 0 Å². The lowest BCUT2D eigenvalue weighted by Crippen LogP contribution is -2.43. The van der Waals surface area contributed by atoms with Crippen LogP contribution in [0.25, 0.3) is 0 Å². The molecular formula is C14H25N. The Morgan fingerprint density at radius 1 is 1.13 bits per heavy atom. The van der Waals surface area contributed by atoms with Gasteiger partial charge in [0, 0.05) is 12.1 Å². The van der Waals surface area contributed by atoms with E-state index in [1.54, 1.807) is 5.57 Å². The van der Waals surface area contributed by atoms with Gasteiger partial charge in [-0.25, -0.2) is 0 Å². The number of nitrogens with one attached hydrogen (secondary N) is 1. The number of rotatable bonds is 2. The van der Waals surface area contributed by atoms with Gasteiger partial charge in [0.25, 0.3) is 0 Å². The van der Waals surface area contributed by atoms with E-state index >= 15 is 0 Å². The van der Waals surface area contributed by atoms with Crippen LogP contribution in [-0.4, -0.2) is 12.1 Å². The van der Waals surface area contributed by atoms with Crippen LogP contribution in [0.4, 0.5) is 0 Å². The van der Waals surface area contributed by atoms with Gasteiger partial charge in [-0.3, -0.25) is 0 Å². The molecule has 15 heavy (non-hydrogen) atoms. The van der Waals surface area contributed by atoms with Crippen molar-refractivity contribution in [3.05, 3.63) is 11.6 Å². The third-order valence-electron chi connectivity index (χ3n) is 3.95. The van der Waals surface area contributed by atoms with Crippen LogP contribution in [0.1, 0.15) is 59.3 Å². The van der Waals surface area contributed by atoms with Crippen LogP contribution in [0.3, 0.4) is 0 Å². The second-order valence-corrected chi connectivity index (χ2v) is 6.25. The predicted octanol–water partition coefficient (Wildman–Crippen LogP) is 3.65. The molecule has 0 saturated heterocycles. The normalized spacial score (nSPS) is 28.5. The van der Waals surface area contributed by atoms with Crippen LogP contribution in [0.15, 0.2) is 11.6 Å². The maximum atomic E-state index is 3.78. The van der Waals surface area contributed by atoms with Gasteiger partial charge in [0.05, 0.1) is 0 Å². The zero-order valence-electron chi connectivity index (χ0n) is 10.5. The minimum Gasteiger partial charge on any atom is -0.311 e. The molecule has 1 fully saturated rings. The molecule has 1 atom stereocenters. The summed E-state index contributed by atoms with van der Waals surface area (Å²) < 4.78 is 0. The van der Waals surface area contributed by atoms with Crippen LogP contribution < -0.4 is 5.32 Å². The minimum atomic E-state index is 0.390. The van der Waals surface area contributed by atoms with Crippen molar-refractivity contribution in [2.24, 2.45) is 5.41 Å². The Balaban J connectivity index is 1.82. The Morgan fingerprint density at radius 2 is 1.87 bits per heavy atom. The molecule has 0 aromatic heterocycles. The molecule has 0 radical (unpaired) electrons. The van der Waals surface area contributed by atoms with Gasteiger partial charge in [0.2, 0.25) is 0 Å². The van der Waals surface area contributed by atoms with E-state index in [0.29, 0.717) is 5.41 Å². The Hall–Kier alpha value is -0.300. The van der Waals surface area contributed by atoms with E-state index in [1.807, 2.05) is 0 Å². The molecule has 0 heterocycles. The van der Waals surface area contributed by atoms with E-state index in [-0.39, 0.29) is 0 Å². The quantitative estimate of drug-likeness (QED) is 0.681. The highest BCUT2D eigenvalue weighted by atomic mass is 15.0. The van der Waals surface area contributed by atoms with Gasteiger partial charge in [-0.15, -0.1) is 0 Å². The Morgan fingerprint density at radius 3 is 2.27 bits per heavy atom. The van der Waals surface area contributed by atoms with E-state index in [9.17, 15) is 0 Å². The SMILES string of the molecule is CC(C)(C)C1=CC[C@@H](NC2CCC2)CC1. The summed E-state index contributed by atoms with van der Waals surface area (Å²) >= 11 is 0. The van der Waals surface area contributed by atoms with E-state index in [2.05, 4.69) is 32.2 Å². The van der Waals surface area contributed by atoms with Gasteiger partial charge in [0.1, 0.15) is 0 Å². The van der Waals surface area contributed by atoms with Gasteiger partial charge in [-0.05, 0) is 37.5 Å². The van der Waals surface area contributed by atoms with E-state index in [4.69, 9.17) is 0 Å². The monoisotopic (exact) mass is 207 g/mol. The molecular weight excluding hydrogens is 182 g/mol. The van der Waals surface area contributed by atoms with E-state index in [1.165, 1.54) is 38.5 Å². The molecule has 2 aliphatic rings. The van der Waals surface area contributed by atoms with Crippen molar-refractivity contribution in [2.75, 3.05) is 0 Å². The van der Waals surface area contributed by atoms with Gasteiger partial charge < -0.3 is 5.32 Å². The lowest BCUT2D eigenvalue weighted by molar-refractivity contribution is 0.287. The van der Waals surface area contributed by atoms with Gasteiger partial charge in [0.15, 0.2) is 0 Å². The van der Waals surface area contributed by atoms with Gasteiger partial charge >= 0.3 is 0 Å². The lowest BCUT2D eigenvalue weighted by atomic mass is 9.79. The third-order valence-corrected chi connectivity index (χ3v) is 3.95. The molecule has 0 unspecified atom stereocenters. The summed E-state index contributed by atoms with van der Waals surface area (Å²) in [4.78, 5) is 0. The molecule has 0 spiro atoms. The minimum absolute atomic E-state index is 0.390. The van der Waals surface area contributed by atoms with E-state index in [0.717, 1.165) is 12.1 Å². The fraction of sp³-hybridized carbons (Fsp3) is 0.857. The average molecular weight is 207 g/mol. The molecule has 0 aromatic carbocycles. The predicted molar refractivity (Wildman–Crippen MR) is 66.0 cm³/mol. The summed E-state index contributed by atoms with van der Waals surface area (Å²) in [6, 6.07) is 1.61. The first-order valence-electron chi connectivity index (χ1n) is 6.51. The smallest absolute Gasteiger partial charge is 0.0107 e. The van der Waals surface area contributed by atoms with Crippen LogP contribution in [-0.2, 0) is 0 Å². The highest BCUT2D eigenvalue weighted by Crippen LogP contribution is 2.33. The molecule has 1 heteroatoms. The zero-order valence-corrected chi connectivity index (χ0v) is 10.5. The summed E-state index contributed by atoms with van der Waals surface area (Å²) in [5, 5.41) is 3.78. The lowest BCUT2D eigenvalue weighted by Gasteiger charge is -2.35. The van der Waals surface area contributed by atoms with Crippen molar-refractivity contribution in [1.82, 2.24) is 5.32 Å². The topological polar surface area (TPSA) is 12.0 Å². The van der Waals surface area contributed by atoms with Crippen molar-refractivity contribution >= 4 is 0 Å². The highest BCUT2D eigenvalue weighted by Gasteiger charge is 2.25. The molecule has 2 aliphatic carbocycles. The fourth-order valence-corrected chi connectivity index (χ4v) is 2.57. The second-order valence-electron chi connectivity index (χ2n) is 6.25. The largest absolute Gasteiger partial charge is 0.311 e. The first-order chi connectivity index (χ1) is 7.05. The molecule has 86 valence electrons. The molecule has 0 bridgehead atoms. The highest BCUT2D eigenvalue weighted by molar-refractivity contribution is 5.15. The van der Waals surface area contributed by atoms with E-state index < -0.39 is 0 Å². The molecule has 0 aromatic rings. The van der Waals surface area contributed by atoms with Crippen molar-refractivity contribution in [3.63, 3.8) is 0 Å². The summed E-state index contributed by atoms with van der Waals surface area (Å²) in [7, 11) is 0. The number of allylic oxidation sites excluding steroid dienone is 1. The first kappa shape index (κ1) is 11.2. The second kappa shape index (κ2) is 4.29. The summed E-state index contributed by atoms with van der Waals surface area (Å²) in [5.74, 6) is 0. The van der Waals surface area contributed by atoms with Crippen LogP contribution in [0.5, 0.6) is 0 Å². The summed E-state index contributed by atoms with van der Waals surface area (Å²) in [5.41, 5.74) is 2.05. The zero-order chi connectivity index (χ0) is 10.9. The Bertz CT molecular complexity index is 243. The molecule has 0 aliphatic heterocycles. The number of hydrogen-bond acceptors (Lipinski definition) is 1. The average Bonchev–Trinajstić information content (AvgIpc) is 2.11. The third kappa shape index (κ3) is 2.84. The molecule has 0 amide bonds. The maximum absolute atomic E-state index is 3.78. The standard InChI is InChI=1S/C14H25N/c1-14(2,3)11-7-9-13(10-8-11)15-12-5-4-6-12/h7,12-13,15H,4-6,8-10H2,1-3H3/t13-/m1/s1. The van der Waals surface area contributed by atoms with Crippen molar-refractivity contribution in [1.29, 1.82) is 0 Å².